The largest absolute Gasteiger partial charge is 0.326 e. The molecule has 2 N–H and O–H groups in total. The molecule has 0 heterocycles. The van der Waals surface area contributed by atoms with Crippen LogP contribution >= 0.6 is 0 Å². The van der Waals surface area contributed by atoms with Crippen molar-refractivity contribution in [3.05, 3.63) is 0 Å². The van der Waals surface area contributed by atoms with Crippen LogP contribution in [-0.2, 0) is 0 Å². The first kappa shape index (κ1) is 11.0. The zero-order chi connectivity index (χ0) is 10.1. The highest BCUT2D eigenvalue weighted by molar-refractivity contribution is 4.82. The molecule has 1 saturated carbocycles. The zero-order valence-electron chi connectivity index (χ0n) is 9.51. The van der Waals surface area contributed by atoms with Crippen LogP contribution in [0, 0.1) is 11.3 Å². The highest BCUT2D eigenvalue weighted by Gasteiger charge is 2.26. The highest BCUT2D eigenvalue weighted by atomic mass is 15.1. The molecular weight excluding hydrogens is 160 g/mol. The van der Waals surface area contributed by atoms with Gasteiger partial charge < -0.3 is 10.6 Å². The highest BCUT2D eigenvalue weighted by Crippen LogP contribution is 2.29. The number of likely N-dealkylation sites (N-methyl/N-ethyl adjacent to an activating group) is 1. The van der Waals surface area contributed by atoms with Crippen molar-refractivity contribution >= 4 is 0 Å². The van der Waals surface area contributed by atoms with E-state index in [2.05, 4.69) is 32.7 Å². The van der Waals surface area contributed by atoms with E-state index in [4.69, 9.17) is 5.73 Å². The lowest BCUT2D eigenvalue weighted by Crippen LogP contribution is -2.44. The van der Waals surface area contributed by atoms with Gasteiger partial charge in [-0.2, -0.15) is 0 Å². The van der Waals surface area contributed by atoms with Crippen LogP contribution in [0.4, 0.5) is 0 Å². The summed E-state index contributed by atoms with van der Waals surface area (Å²) in [7, 11) is 2.18. The van der Waals surface area contributed by atoms with Gasteiger partial charge in [0.15, 0.2) is 0 Å². The molecule has 0 aromatic carbocycles. The van der Waals surface area contributed by atoms with Gasteiger partial charge >= 0.3 is 0 Å². The summed E-state index contributed by atoms with van der Waals surface area (Å²) in [5.74, 6) is 0.970. The summed E-state index contributed by atoms with van der Waals surface area (Å²) in [6, 6.07) is 0.288. The summed E-state index contributed by atoms with van der Waals surface area (Å²) in [6.45, 7) is 8.90. The molecule has 0 radical (unpaired) electrons. The van der Waals surface area contributed by atoms with Crippen molar-refractivity contribution in [1.29, 1.82) is 0 Å². The summed E-state index contributed by atoms with van der Waals surface area (Å²) >= 11 is 0. The van der Waals surface area contributed by atoms with E-state index < -0.39 is 0 Å². The van der Waals surface area contributed by atoms with Crippen LogP contribution in [0.1, 0.15) is 33.6 Å². The smallest absolute Gasteiger partial charge is 0.0217 e. The molecule has 0 spiro atoms. The van der Waals surface area contributed by atoms with Crippen molar-refractivity contribution in [1.82, 2.24) is 4.90 Å². The molecule has 1 aliphatic carbocycles. The normalized spacial score (nSPS) is 20.8. The second kappa shape index (κ2) is 3.97. The van der Waals surface area contributed by atoms with Crippen molar-refractivity contribution in [2.24, 2.45) is 17.1 Å². The van der Waals surface area contributed by atoms with E-state index in [1.54, 1.807) is 0 Å². The maximum Gasteiger partial charge on any atom is 0.0217 e. The first-order chi connectivity index (χ1) is 5.89. The topological polar surface area (TPSA) is 29.3 Å². The predicted octanol–water partition coefficient (Wildman–Crippen LogP) is 1.70. The van der Waals surface area contributed by atoms with Gasteiger partial charge in [0, 0.05) is 19.1 Å². The zero-order valence-corrected chi connectivity index (χ0v) is 9.51. The predicted molar refractivity (Wildman–Crippen MR) is 57.7 cm³/mol. The van der Waals surface area contributed by atoms with Crippen LogP contribution in [0.2, 0.25) is 0 Å². The van der Waals surface area contributed by atoms with Crippen LogP contribution in [0.3, 0.4) is 0 Å². The van der Waals surface area contributed by atoms with E-state index in [-0.39, 0.29) is 11.5 Å². The van der Waals surface area contributed by atoms with E-state index >= 15 is 0 Å². The monoisotopic (exact) mass is 184 g/mol. The van der Waals surface area contributed by atoms with Crippen LogP contribution in [0.25, 0.3) is 0 Å². The second-order valence-electron chi connectivity index (χ2n) is 5.64. The van der Waals surface area contributed by atoms with Crippen molar-refractivity contribution in [3.8, 4) is 0 Å². The van der Waals surface area contributed by atoms with Gasteiger partial charge in [-0.3, -0.25) is 0 Å². The molecule has 0 amide bonds. The van der Waals surface area contributed by atoms with Crippen molar-refractivity contribution in [2.45, 2.75) is 39.7 Å². The minimum Gasteiger partial charge on any atom is -0.326 e. The standard InChI is InChI=1S/C11H24N2/c1-11(2,3)10(12)8-13(4)7-9-5-6-9/h9-10H,5-8,12H2,1-4H3. The quantitative estimate of drug-likeness (QED) is 0.720. The molecule has 0 aliphatic heterocycles. The lowest BCUT2D eigenvalue weighted by Gasteiger charge is -2.31. The van der Waals surface area contributed by atoms with E-state index in [0.717, 1.165) is 12.5 Å². The Hall–Kier alpha value is -0.0800. The summed E-state index contributed by atoms with van der Waals surface area (Å²) in [4.78, 5) is 2.38. The Labute approximate surface area is 82.5 Å². The van der Waals surface area contributed by atoms with E-state index in [0.29, 0.717) is 0 Å². The molecule has 0 saturated heterocycles. The van der Waals surface area contributed by atoms with Gasteiger partial charge in [-0.25, -0.2) is 0 Å². The fraction of sp³-hybridized carbons (Fsp3) is 1.00. The maximum atomic E-state index is 6.11. The minimum atomic E-state index is 0.234. The van der Waals surface area contributed by atoms with Crippen LogP contribution in [0.15, 0.2) is 0 Å². The Bertz CT molecular complexity index is 156. The van der Waals surface area contributed by atoms with Crippen LogP contribution in [-0.4, -0.2) is 31.1 Å². The van der Waals surface area contributed by atoms with Gasteiger partial charge in [-0.1, -0.05) is 20.8 Å². The van der Waals surface area contributed by atoms with Crippen molar-refractivity contribution < 1.29 is 0 Å². The van der Waals surface area contributed by atoms with Gasteiger partial charge in [-0.05, 0) is 31.2 Å². The number of hydrogen-bond donors (Lipinski definition) is 1. The van der Waals surface area contributed by atoms with Gasteiger partial charge in [0.1, 0.15) is 0 Å². The molecule has 1 fully saturated rings. The lowest BCUT2D eigenvalue weighted by atomic mass is 9.87. The van der Waals surface area contributed by atoms with E-state index in [1.807, 2.05) is 0 Å². The van der Waals surface area contributed by atoms with E-state index in [9.17, 15) is 0 Å². The molecule has 0 aromatic rings. The molecule has 2 nitrogen and oxygen atoms in total. The van der Waals surface area contributed by atoms with Crippen LogP contribution in [0.5, 0.6) is 0 Å². The Morgan fingerprint density at radius 1 is 1.38 bits per heavy atom. The molecule has 2 heteroatoms. The molecule has 1 unspecified atom stereocenters. The summed E-state index contributed by atoms with van der Waals surface area (Å²) in [6.07, 6.45) is 2.85. The Balaban J connectivity index is 2.21. The third kappa shape index (κ3) is 4.10. The molecular formula is C11H24N2. The third-order valence-corrected chi connectivity index (χ3v) is 2.89. The number of hydrogen-bond acceptors (Lipinski definition) is 2. The molecule has 13 heavy (non-hydrogen) atoms. The van der Waals surface area contributed by atoms with Gasteiger partial charge in [-0.15, -0.1) is 0 Å². The lowest BCUT2D eigenvalue weighted by molar-refractivity contribution is 0.222. The van der Waals surface area contributed by atoms with Crippen LogP contribution < -0.4 is 5.73 Å². The maximum absolute atomic E-state index is 6.11. The molecule has 1 atom stereocenters. The Morgan fingerprint density at radius 3 is 2.31 bits per heavy atom. The summed E-state index contributed by atoms with van der Waals surface area (Å²) in [5, 5.41) is 0. The third-order valence-electron chi connectivity index (χ3n) is 2.89. The number of nitrogens with zero attached hydrogens (tertiary/aromatic N) is 1. The summed E-state index contributed by atoms with van der Waals surface area (Å²) < 4.78 is 0. The van der Waals surface area contributed by atoms with E-state index in [1.165, 1.54) is 19.4 Å². The first-order valence-electron chi connectivity index (χ1n) is 5.33. The van der Waals surface area contributed by atoms with Gasteiger partial charge in [0.25, 0.3) is 0 Å². The molecule has 0 aromatic heterocycles. The first-order valence-corrected chi connectivity index (χ1v) is 5.33. The second-order valence-corrected chi connectivity index (χ2v) is 5.64. The average Bonchev–Trinajstić information content (AvgIpc) is 2.68. The Morgan fingerprint density at radius 2 is 1.92 bits per heavy atom. The minimum absolute atomic E-state index is 0.234. The Kier molecular flexibility index (Phi) is 3.36. The molecule has 78 valence electrons. The average molecular weight is 184 g/mol. The van der Waals surface area contributed by atoms with Crippen molar-refractivity contribution in [3.63, 3.8) is 0 Å². The van der Waals surface area contributed by atoms with Gasteiger partial charge in [0.05, 0.1) is 0 Å². The number of rotatable bonds is 4. The fourth-order valence-corrected chi connectivity index (χ4v) is 1.43. The molecule has 1 aliphatic rings. The SMILES string of the molecule is CN(CC1CC1)CC(N)C(C)(C)C. The fourth-order valence-electron chi connectivity index (χ4n) is 1.43. The molecule has 0 bridgehead atoms. The number of nitrogens with two attached hydrogens (primary N) is 1. The molecule has 1 rings (SSSR count). The summed E-state index contributed by atoms with van der Waals surface area (Å²) in [5.41, 5.74) is 6.34. The van der Waals surface area contributed by atoms with Crippen molar-refractivity contribution in [2.75, 3.05) is 20.1 Å². The van der Waals surface area contributed by atoms with Gasteiger partial charge in [0.2, 0.25) is 0 Å².